The van der Waals surface area contributed by atoms with E-state index in [1.165, 1.54) is 0 Å². The summed E-state index contributed by atoms with van der Waals surface area (Å²) in [5.41, 5.74) is 2.10. The number of aromatic nitrogens is 2. The van der Waals surface area contributed by atoms with Crippen LogP contribution < -0.4 is 0 Å². The molecule has 5 heteroatoms. The Morgan fingerprint density at radius 2 is 1.93 bits per heavy atom. The Morgan fingerprint density at radius 1 is 1.21 bits per heavy atom. The van der Waals surface area contributed by atoms with Crippen molar-refractivity contribution in [2.24, 2.45) is 5.16 Å². The van der Waals surface area contributed by atoms with E-state index in [4.69, 9.17) is 16.8 Å². The van der Waals surface area contributed by atoms with Crippen molar-refractivity contribution in [2.45, 2.75) is 0 Å². The maximum atomic E-state index is 8.48. The monoisotopic (exact) mass is 207 g/mol. The average molecular weight is 208 g/mol. The van der Waals surface area contributed by atoms with Crippen LogP contribution in [-0.4, -0.2) is 20.3 Å². The maximum absolute atomic E-state index is 8.48. The van der Waals surface area contributed by atoms with E-state index in [0.29, 0.717) is 11.1 Å². The Kier molecular flexibility index (Phi) is 2.28. The summed E-state index contributed by atoms with van der Waals surface area (Å²) in [6.45, 7) is 0. The Balaban J connectivity index is 2.62. The molecule has 1 aromatic carbocycles. The molecular weight excluding hydrogens is 202 g/mol. The lowest BCUT2D eigenvalue weighted by atomic mass is 10.2. The minimum atomic E-state index is 0.0394. The second kappa shape index (κ2) is 3.59. The first-order valence-electron chi connectivity index (χ1n) is 3.90. The summed E-state index contributed by atoms with van der Waals surface area (Å²) in [6, 6.07) is 5.20. The van der Waals surface area contributed by atoms with Crippen LogP contribution in [0.3, 0.4) is 0 Å². The highest BCUT2D eigenvalue weighted by Crippen LogP contribution is 2.12. The van der Waals surface area contributed by atoms with Crippen molar-refractivity contribution in [3.05, 3.63) is 36.2 Å². The number of halogens is 1. The fraction of sp³-hybridized carbons (Fsp3) is 0. The van der Waals surface area contributed by atoms with Gasteiger partial charge in [0.25, 0.3) is 0 Å². The molecule has 1 heterocycles. The highest BCUT2D eigenvalue weighted by atomic mass is 35.5. The smallest absolute Gasteiger partial charge is 0.175 e. The van der Waals surface area contributed by atoms with Gasteiger partial charge in [-0.2, -0.15) is 0 Å². The zero-order valence-electron chi connectivity index (χ0n) is 7.05. The number of benzene rings is 1. The molecule has 2 aromatic rings. The third kappa shape index (κ3) is 1.52. The van der Waals surface area contributed by atoms with Crippen molar-refractivity contribution in [1.82, 2.24) is 9.97 Å². The van der Waals surface area contributed by atoms with Gasteiger partial charge in [-0.25, -0.2) is 0 Å². The third-order valence-corrected chi connectivity index (χ3v) is 2.09. The van der Waals surface area contributed by atoms with Gasteiger partial charge in [0, 0.05) is 18.0 Å². The Bertz CT molecular complexity index is 498. The van der Waals surface area contributed by atoms with E-state index in [9.17, 15) is 0 Å². The molecule has 4 nitrogen and oxygen atoms in total. The zero-order valence-corrected chi connectivity index (χ0v) is 7.81. The van der Waals surface area contributed by atoms with Gasteiger partial charge < -0.3 is 5.21 Å². The lowest BCUT2D eigenvalue weighted by molar-refractivity contribution is 0.321. The third-order valence-electron chi connectivity index (χ3n) is 1.80. The summed E-state index contributed by atoms with van der Waals surface area (Å²) < 4.78 is 0. The molecule has 0 aliphatic rings. The second-order valence-electron chi connectivity index (χ2n) is 2.65. The topological polar surface area (TPSA) is 58.4 Å². The van der Waals surface area contributed by atoms with Gasteiger partial charge >= 0.3 is 0 Å². The van der Waals surface area contributed by atoms with Gasteiger partial charge in [0.15, 0.2) is 5.17 Å². The number of hydrogen-bond donors (Lipinski definition) is 1. The molecule has 0 unspecified atom stereocenters. The zero-order chi connectivity index (χ0) is 9.97. The van der Waals surface area contributed by atoms with Crippen molar-refractivity contribution in [3.63, 3.8) is 0 Å². The lowest BCUT2D eigenvalue weighted by Gasteiger charge is -1.98. The lowest BCUT2D eigenvalue weighted by Crippen LogP contribution is -1.92. The van der Waals surface area contributed by atoms with E-state index >= 15 is 0 Å². The first-order chi connectivity index (χ1) is 6.81. The first kappa shape index (κ1) is 8.90. The first-order valence-corrected chi connectivity index (χ1v) is 4.28. The van der Waals surface area contributed by atoms with Crippen LogP contribution in [0.2, 0.25) is 0 Å². The number of rotatable bonds is 1. The van der Waals surface area contributed by atoms with Crippen LogP contribution in [0.5, 0.6) is 0 Å². The molecule has 0 atom stereocenters. The Labute approximate surface area is 84.9 Å². The van der Waals surface area contributed by atoms with Gasteiger partial charge in [0.05, 0.1) is 11.0 Å². The number of fused-ring (bicyclic) bond motifs is 1. The molecule has 0 amide bonds. The Morgan fingerprint density at radius 3 is 2.64 bits per heavy atom. The average Bonchev–Trinajstić information content (AvgIpc) is 2.27. The van der Waals surface area contributed by atoms with Crippen LogP contribution in [0, 0.1) is 0 Å². The summed E-state index contributed by atoms with van der Waals surface area (Å²) in [6.07, 6.45) is 3.21. The predicted octanol–water partition coefficient (Wildman–Crippen LogP) is 2.00. The van der Waals surface area contributed by atoms with E-state index in [1.54, 1.807) is 30.6 Å². The highest BCUT2D eigenvalue weighted by Gasteiger charge is 2.02. The summed E-state index contributed by atoms with van der Waals surface area (Å²) >= 11 is 5.64. The van der Waals surface area contributed by atoms with Crippen molar-refractivity contribution >= 4 is 27.8 Å². The van der Waals surface area contributed by atoms with Crippen LogP contribution in [-0.2, 0) is 0 Å². The molecule has 0 bridgehead atoms. The van der Waals surface area contributed by atoms with Crippen LogP contribution in [0.1, 0.15) is 5.56 Å². The normalized spacial score (nSPS) is 11.9. The fourth-order valence-corrected chi connectivity index (χ4v) is 1.27. The minimum absolute atomic E-state index is 0.0394. The van der Waals surface area contributed by atoms with Gasteiger partial charge in [0.2, 0.25) is 0 Å². The molecule has 0 aliphatic carbocycles. The van der Waals surface area contributed by atoms with Crippen LogP contribution in [0.4, 0.5) is 0 Å². The molecule has 0 fully saturated rings. The SMILES string of the molecule is O/N=C(\Cl)c1ccc2nccnc2c1. The molecule has 0 saturated heterocycles. The molecule has 0 aliphatic heterocycles. The van der Waals surface area contributed by atoms with Crippen LogP contribution in [0.25, 0.3) is 11.0 Å². The quantitative estimate of drug-likeness (QED) is 0.442. The minimum Gasteiger partial charge on any atom is -0.410 e. The van der Waals surface area contributed by atoms with Gasteiger partial charge in [-0.1, -0.05) is 16.8 Å². The van der Waals surface area contributed by atoms with E-state index < -0.39 is 0 Å². The summed E-state index contributed by atoms with van der Waals surface area (Å²) in [5.74, 6) is 0. The summed E-state index contributed by atoms with van der Waals surface area (Å²) in [5, 5.41) is 11.4. The van der Waals surface area contributed by atoms with E-state index in [2.05, 4.69) is 15.1 Å². The molecular formula is C9H6ClN3O. The molecule has 1 aromatic heterocycles. The standard InChI is InChI=1S/C9H6ClN3O/c10-9(13-14)6-1-2-7-8(5-6)12-4-3-11-7/h1-5,14H/b13-9-. The summed E-state index contributed by atoms with van der Waals surface area (Å²) in [4.78, 5) is 8.20. The van der Waals surface area contributed by atoms with Crippen molar-refractivity contribution in [1.29, 1.82) is 0 Å². The maximum Gasteiger partial charge on any atom is 0.175 e. The molecule has 0 spiro atoms. The largest absolute Gasteiger partial charge is 0.410 e. The van der Waals surface area contributed by atoms with Gasteiger partial charge in [-0.3, -0.25) is 9.97 Å². The number of hydrogen-bond acceptors (Lipinski definition) is 4. The molecule has 14 heavy (non-hydrogen) atoms. The molecule has 2 rings (SSSR count). The van der Waals surface area contributed by atoms with Crippen molar-refractivity contribution < 1.29 is 5.21 Å². The fourth-order valence-electron chi connectivity index (χ4n) is 1.15. The van der Waals surface area contributed by atoms with Crippen LogP contribution >= 0.6 is 11.6 Å². The van der Waals surface area contributed by atoms with Gasteiger partial charge in [0.1, 0.15) is 0 Å². The molecule has 0 saturated carbocycles. The van der Waals surface area contributed by atoms with Gasteiger partial charge in [-0.05, 0) is 18.2 Å². The highest BCUT2D eigenvalue weighted by molar-refractivity contribution is 6.69. The molecule has 70 valence electrons. The van der Waals surface area contributed by atoms with E-state index in [1.807, 2.05) is 0 Å². The van der Waals surface area contributed by atoms with Crippen molar-refractivity contribution in [2.75, 3.05) is 0 Å². The summed E-state index contributed by atoms with van der Waals surface area (Å²) in [7, 11) is 0. The Hall–Kier alpha value is -1.68. The van der Waals surface area contributed by atoms with E-state index in [-0.39, 0.29) is 5.17 Å². The van der Waals surface area contributed by atoms with Crippen LogP contribution in [0.15, 0.2) is 35.7 Å². The molecule has 1 N–H and O–H groups in total. The molecule has 0 radical (unpaired) electrons. The van der Waals surface area contributed by atoms with Crippen molar-refractivity contribution in [3.8, 4) is 0 Å². The number of nitrogens with zero attached hydrogens (tertiary/aromatic N) is 3. The van der Waals surface area contributed by atoms with Gasteiger partial charge in [-0.15, -0.1) is 0 Å². The number of oxime groups is 1. The second-order valence-corrected chi connectivity index (χ2v) is 3.01. The van der Waals surface area contributed by atoms with E-state index in [0.717, 1.165) is 5.52 Å². The predicted molar refractivity (Wildman–Crippen MR) is 53.7 cm³/mol.